The Hall–Kier alpha value is -1.16. The van der Waals surface area contributed by atoms with Gasteiger partial charge in [-0.3, -0.25) is 4.98 Å². The molecule has 0 aliphatic heterocycles. The average molecular weight is 251 g/mol. The van der Waals surface area contributed by atoms with E-state index in [0.717, 1.165) is 5.39 Å². The topological polar surface area (TPSA) is 59.1 Å². The quantitative estimate of drug-likeness (QED) is 0.862. The van der Waals surface area contributed by atoms with Gasteiger partial charge in [0.25, 0.3) is 0 Å². The van der Waals surface area contributed by atoms with E-state index in [1.165, 1.54) is 0 Å². The van der Waals surface area contributed by atoms with Gasteiger partial charge in [0.1, 0.15) is 0 Å². The summed E-state index contributed by atoms with van der Waals surface area (Å²) in [5.74, 6) is 0. The summed E-state index contributed by atoms with van der Waals surface area (Å²) in [4.78, 5) is 4.28. The number of aromatic nitrogens is 1. The minimum absolute atomic E-state index is 0.624. The fraction of sp³-hybridized carbons (Fsp3) is 0.308. The van der Waals surface area contributed by atoms with E-state index in [1.807, 2.05) is 12.1 Å². The number of hydrogen-bond donors (Lipinski definition) is 2. The highest BCUT2D eigenvalue weighted by Gasteiger charge is 2.26. The number of aliphatic hydroxyl groups excluding tert-OH is 1. The minimum atomic E-state index is -0.780. The second-order valence-corrected chi connectivity index (χ2v) is 5.17. The molecule has 2 rings (SSSR count). The van der Waals surface area contributed by atoms with Crippen LogP contribution >= 0.6 is 11.6 Å². The summed E-state index contributed by atoms with van der Waals surface area (Å²) in [6, 6.07) is 7.23. The van der Waals surface area contributed by atoms with Crippen LogP contribution in [0.2, 0.25) is 5.02 Å². The summed E-state index contributed by atoms with van der Waals surface area (Å²) in [5, 5.41) is 11.7. The molecule has 17 heavy (non-hydrogen) atoms. The molecule has 2 aromatic rings. The zero-order chi connectivity index (χ0) is 12.6. The maximum absolute atomic E-state index is 10.2. The summed E-state index contributed by atoms with van der Waals surface area (Å²) in [5.41, 5.74) is 6.61. The molecule has 1 unspecified atom stereocenters. The molecule has 90 valence electrons. The first-order valence-electron chi connectivity index (χ1n) is 5.41. The van der Waals surface area contributed by atoms with Crippen LogP contribution in [0, 0.1) is 0 Å². The van der Waals surface area contributed by atoms with E-state index in [-0.39, 0.29) is 0 Å². The molecule has 0 amide bonds. The average Bonchev–Trinajstić information content (AvgIpc) is 2.28. The summed E-state index contributed by atoms with van der Waals surface area (Å²) in [6.07, 6.45) is 0.899. The Labute approximate surface area is 105 Å². The molecule has 0 saturated heterocycles. The van der Waals surface area contributed by atoms with Gasteiger partial charge in [0.05, 0.1) is 11.6 Å². The summed E-state index contributed by atoms with van der Waals surface area (Å²) in [6.45, 7) is 3.56. The molecule has 0 saturated carbocycles. The zero-order valence-electron chi connectivity index (χ0n) is 9.81. The molecule has 3 nitrogen and oxygen atoms in total. The summed E-state index contributed by atoms with van der Waals surface area (Å²) < 4.78 is 0. The standard InChI is InChI=1S/C13H15ClN2O/c1-13(2,15)12(17)9-5-6-10(14)8-4-3-7-16-11(8)9/h3-7,12,17H,15H2,1-2H3. The number of fused-ring (bicyclic) bond motifs is 1. The Morgan fingerprint density at radius 2 is 2.06 bits per heavy atom. The van der Waals surface area contributed by atoms with Gasteiger partial charge in [0.2, 0.25) is 0 Å². The third-order valence-corrected chi connectivity index (χ3v) is 3.08. The third-order valence-electron chi connectivity index (χ3n) is 2.75. The predicted octanol–water partition coefficient (Wildman–Crippen LogP) is 2.66. The number of rotatable bonds is 2. The van der Waals surface area contributed by atoms with Gasteiger partial charge in [-0.2, -0.15) is 0 Å². The van der Waals surface area contributed by atoms with E-state index in [4.69, 9.17) is 17.3 Å². The molecule has 1 heterocycles. The van der Waals surface area contributed by atoms with Crippen molar-refractivity contribution in [3.8, 4) is 0 Å². The molecule has 1 aromatic heterocycles. The van der Waals surface area contributed by atoms with Gasteiger partial charge >= 0.3 is 0 Å². The summed E-state index contributed by atoms with van der Waals surface area (Å²) >= 11 is 6.10. The van der Waals surface area contributed by atoms with Gasteiger partial charge in [-0.25, -0.2) is 0 Å². The first-order valence-corrected chi connectivity index (χ1v) is 5.79. The molecule has 0 radical (unpaired) electrons. The van der Waals surface area contributed by atoms with Gasteiger partial charge in [0, 0.05) is 27.7 Å². The molecule has 0 fully saturated rings. The van der Waals surface area contributed by atoms with Crippen LogP contribution in [0.1, 0.15) is 25.5 Å². The van der Waals surface area contributed by atoms with Gasteiger partial charge in [-0.05, 0) is 32.0 Å². The van der Waals surface area contributed by atoms with Crippen LogP contribution in [0.4, 0.5) is 0 Å². The lowest BCUT2D eigenvalue weighted by atomic mass is 9.91. The highest BCUT2D eigenvalue weighted by atomic mass is 35.5. The fourth-order valence-corrected chi connectivity index (χ4v) is 2.00. The van der Waals surface area contributed by atoms with Crippen molar-refractivity contribution >= 4 is 22.5 Å². The van der Waals surface area contributed by atoms with Crippen molar-refractivity contribution in [2.24, 2.45) is 5.73 Å². The number of halogens is 1. The van der Waals surface area contributed by atoms with Crippen molar-refractivity contribution in [1.29, 1.82) is 0 Å². The van der Waals surface area contributed by atoms with Crippen molar-refractivity contribution in [2.45, 2.75) is 25.5 Å². The van der Waals surface area contributed by atoms with Crippen LogP contribution in [-0.2, 0) is 0 Å². The molecular formula is C13H15ClN2O. The number of aliphatic hydroxyl groups is 1. The van der Waals surface area contributed by atoms with Crippen LogP contribution in [0.25, 0.3) is 10.9 Å². The molecule has 4 heteroatoms. The number of nitrogens with zero attached hydrogens (tertiary/aromatic N) is 1. The molecule has 1 aromatic carbocycles. The van der Waals surface area contributed by atoms with Crippen LogP contribution in [0.15, 0.2) is 30.5 Å². The van der Waals surface area contributed by atoms with E-state index >= 15 is 0 Å². The Bertz CT molecular complexity index is 549. The molecule has 0 bridgehead atoms. The minimum Gasteiger partial charge on any atom is -0.386 e. The maximum atomic E-state index is 10.2. The van der Waals surface area contributed by atoms with Crippen molar-refractivity contribution in [1.82, 2.24) is 4.98 Å². The fourth-order valence-electron chi connectivity index (χ4n) is 1.78. The van der Waals surface area contributed by atoms with Gasteiger partial charge in [0.15, 0.2) is 0 Å². The third kappa shape index (κ3) is 2.27. The molecule has 0 aliphatic carbocycles. The van der Waals surface area contributed by atoms with Crippen LogP contribution in [0.3, 0.4) is 0 Å². The Balaban J connectivity index is 2.67. The number of hydrogen-bond acceptors (Lipinski definition) is 3. The Kier molecular flexibility index (Phi) is 3.08. The smallest absolute Gasteiger partial charge is 0.0984 e. The number of benzene rings is 1. The van der Waals surface area contributed by atoms with E-state index in [1.54, 1.807) is 32.2 Å². The Morgan fingerprint density at radius 1 is 1.35 bits per heavy atom. The highest BCUT2D eigenvalue weighted by molar-refractivity contribution is 6.35. The number of nitrogens with two attached hydrogens (primary N) is 1. The lowest BCUT2D eigenvalue weighted by molar-refractivity contribution is 0.106. The van der Waals surface area contributed by atoms with E-state index < -0.39 is 11.6 Å². The molecule has 3 N–H and O–H groups in total. The largest absolute Gasteiger partial charge is 0.386 e. The predicted molar refractivity (Wildman–Crippen MR) is 70.0 cm³/mol. The molecular weight excluding hydrogens is 236 g/mol. The molecule has 1 atom stereocenters. The van der Waals surface area contributed by atoms with Crippen LogP contribution in [-0.4, -0.2) is 15.6 Å². The van der Waals surface area contributed by atoms with Crippen molar-refractivity contribution in [3.63, 3.8) is 0 Å². The Morgan fingerprint density at radius 3 is 2.71 bits per heavy atom. The second kappa shape index (κ2) is 4.26. The molecule has 0 aliphatic rings. The lowest BCUT2D eigenvalue weighted by Gasteiger charge is -2.26. The van der Waals surface area contributed by atoms with E-state index in [0.29, 0.717) is 16.1 Å². The zero-order valence-corrected chi connectivity index (χ0v) is 10.6. The first-order chi connectivity index (χ1) is 7.91. The van der Waals surface area contributed by atoms with E-state index in [9.17, 15) is 5.11 Å². The van der Waals surface area contributed by atoms with Gasteiger partial charge in [-0.15, -0.1) is 0 Å². The molecule has 0 spiro atoms. The first kappa shape index (κ1) is 12.3. The highest BCUT2D eigenvalue weighted by Crippen LogP contribution is 2.32. The number of pyridine rings is 1. The maximum Gasteiger partial charge on any atom is 0.0984 e. The second-order valence-electron chi connectivity index (χ2n) is 4.76. The van der Waals surface area contributed by atoms with E-state index in [2.05, 4.69) is 4.98 Å². The normalized spacial score (nSPS) is 13.9. The lowest BCUT2D eigenvalue weighted by Crippen LogP contribution is -2.39. The SMILES string of the molecule is CC(C)(N)C(O)c1ccc(Cl)c2cccnc12. The monoisotopic (exact) mass is 250 g/mol. The van der Waals surface area contributed by atoms with Crippen molar-refractivity contribution in [2.75, 3.05) is 0 Å². The summed E-state index contributed by atoms with van der Waals surface area (Å²) in [7, 11) is 0. The van der Waals surface area contributed by atoms with Gasteiger partial charge < -0.3 is 10.8 Å². The van der Waals surface area contributed by atoms with Crippen molar-refractivity contribution < 1.29 is 5.11 Å². The van der Waals surface area contributed by atoms with Crippen LogP contribution in [0.5, 0.6) is 0 Å². The van der Waals surface area contributed by atoms with Crippen molar-refractivity contribution in [3.05, 3.63) is 41.0 Å². The van der Waals surface area contributed by atoms with Crippen LogP contribution < -0.4 is 5.73 Å². The van der Waals surface area contributed by atoms with Gasteiger partial charge in [-0.1, -0.05) is 17.7 Å².